The number of rotatable bonds is 5. The molecule has 1 fully saturated rings. The van der Waals surface area contributed by atoms with E-state index in [1.54, 1.807) is 13.1 Å². The Balaban J connectivity index is 2.14. The lowest BCUT2D eigenvalue weighted by atomic mass is 9.99. The highest BCUT2D eigenvalue weighted by atomic mass is 32.2. The topological polar surface area (TPSA) is 59.5 Å². The SMILES string of the molecule is CCOC(=O)c1cnc2ccccc2c1N1CCS(=O)C(CC)(CC)C1. The summed E-state index contributed by atoms with van der Waals surface area (Å²) in [5.74, 6) is 0.256. The number of hydrogen-bond acceptors (Lipinski definition) is 5. The van der Waals surface area contributed by atoms with Crippen molar-refractivity contribution in [2.75, 3.05) is 30.3 Å². The molecule has 0 radical (unpaired) electrons. The highest BCUT2D eigenvalue weighted by Gasteiger charge is 2.40. The van der Waals surface area contributed by atoms with E-state index in [0.717, 1.165) is 29.4 Å². The van der Waals surface area contributed by atoms with Gasteiger partial charge in [-0.05, 0) is 25.8 Å². The van der Waals surface area contributed by atoms with Gasteiger partial charge in [-0.25, -0.2) is 4.79 Å². The quantitative estimate of drug-likeness (QED) is 0.749. The third-order valence-corrected chi connectivity index (χ3v) is 7.58. The summed E-state index contributed by atoms with van der Waals surface area (Å²) in [6.45, 7) is 7.66. The van der Waals surface area contributed by atoms with Crippen molar-refractivity contribution in [3.8, 4) is 0 Å². The molecule has 26 heavy (non-hydrogen) atoms. The second-order valence-electron chi connectivity index (χ2n) is 6.62. The molecule has 5 nitrogen and oxygen atoms in total. The van der Waals surface area contributed by atoms with Gasteiger partial charge >= 0.3 is 5.97 Å². The summed E-state index contributed by atoms with van der Waals surface area (Å²) in [6.07, 6.45) is 3.32. The lowest BCUT2D eigenvalue weighted by Gasteiger charge is -2.43. The van der Waals surface area contributed by atoms with Crippen LogP contribution in [0, 0.1) is 0 Å². The summed E-state index contributed by atoms with van der Waals surface area (Å²) in [6, 6.07) is 7.84. The van der Waals surface area contributed by atoms with Crippen molar-refractivity contribution < 1.29 is 13.7 Å². The summed E-state index contributed by atoms with van der Waals surface area (Å²) in [5, 5.41) is 0.937. The van der Waals surface area contributed by atoms with Gasteiger partial charge in [-0.3, -0.25) is 9.19 Å². The van der Waals surface area contributed by atoms with Crippen LogP contribution in [-0.2, 0) is 15.5 Å². The van der Waals surface area contributed by atoms with E-state index >= 15 is 0 Å². The number of fused-ring (bicyclic) bond motifs is 1. The number of nitrogens with zero attached hydrogens (tertiary/aromatic N) is 2. The molecule has 0 aliphatic carbocycles. The minimum Gasteiger partial charge on any atom is -0.462 e. The third kappa shape index (κ3) is 3.22. The van der Waals surface area contributed by atoms with E-state index in [9.17, 15) is 9.00 Å². The average Bonchev–Trinajstić information content (AvgIpc) is 2.68. The van der Waals surface area contributed by atoms with E-state index < -0.39 is 10.8 Å². The van der Waals surface area contributed by atoms with Gasteiger partial charge in [-0.2, -0.15) is 0 Å². The van der Waals surface area contributed by atoms with Crippen molar-refractivity contribution in [1.29, 1.82) is 0 Å². The van der Waals surface area contributed by atoms with E-state index in [2.05, 4.69) is 23.7 Å². The first kappa shape index (κ1) is 18.8. The second-order valence-corrected chi connectivity index (χ2v) is 8.58. The van der Waals surface area contributed by atoms with Crippen molar-refractivity contribution in [2.45, 2.75) is 38.4 Å². The van der Waals surface area contributed by atoms with Gasteiger partial charge in [0, 0.05) is 41.2 Å². The number of carbonyl (C=O) groups is 1. The van der Waals surface area contributed by atoms with E-state index in [1.165, 1.54) is 0 Å². The molecule has 0 saturated carbocycles. The lowest BCUT2D eigenvalue weighted by Crippen LogP contribution is -2.53. The zero-order valence-corrected chi connectivity index (χ0v) is 16.5. The first-order chi connectivity index (χ1) is 12.6. The normalized spacial score (nSPS) is 19.5. The molecule has 1 aromatic heterocycles. The van der Waals surface area contributed by atoms with Crippen LogP contribution >= 0.6 is 0 Å². The molecule has 0 N–H and O–H groups in total. The number of aromatic nitrogens is 1. The zero-order chi connectivity index (χ0) is 18.7. The van der Waals surface area contributed by atoms with Crippen LogP contribution in [0.25, 0.3) is 10.9 Å². The molecule has 0 spiro atoms. The van der Waals surface area contributed by atoms with Gasteiger partial charge in [0.15, 0.2) is 0 Å². The summed E-state index contributed by atoms with van der Waals surface area (Å²) in [4.78, 5) is 19.2. The molecule has 0 amide bonds. The molecule has 1 aromatic carbocycles. The smallest absolute Gasteiger partial charge is 0.341 e. The van der Waals surface area contributed by atoms with Crippen LogP contribution in [-0.4, -0.2) is 45.4 Å². The predicted octanol–water partition coefficient (Wildman–Crippen LogP) is 3.54. The molecule has 2 aromatic rings. The Hall–Kier alpha value is -1.95. The predicted molar refractivity (Wildman–Crippen MR) is 106 cm³/mol. The minimum absolute atomic E-state index is 0.242. The Morgan fingerprint density at radius 2 is 2.00 bits per heavy atom. The maximum absolute atomic E-state index is 12.7. The summed E-state index contributed by atoms with van der Waals surface area (Å²) < 4.78 is 17.7. The van der Waals surface area contributed by atoms with Crippen LogP contribution in [0.2, 0.25) is 0 Å². The van der Waals surface area contributed by atoms with E-state index in [-0.39, 0.29) is 10.7 Å². The minimum atomic E-state index is -0.859. The van der Waals surface area contributed by atoms with Crippen LogP contribution in [0.1, 0.15) is 44.0 Å². The molecule has 1 aliphatic rings. The lowest BCUT2D eigenvalue weighted by molar-refractivity contribution is 0.0526. The molecule has 1 aliphatic heterocycles. The van der Waals surface area contributed by atoms with Gasteiger partial charge in [0.2, 0.25) is 0 Å². The van der Waals surface area contributed by atoms with E-state index in [4.69, 9.17) is 4.74 Å². The molecule has 1 unspecified atom stereocenters. The van der Waals surface area contributed by atoms with Crippen molar-refractivity contribution in [1.82, 2.24) is 4.98 Å². The number of benzene rings is 1. The van der Waals surface area contributed by atoms with Gasteiger partial charge in [0.25, 0.3) is 0 Å². The van der Waals surface area contributed by atoms with Crippen LogP contribution in [0.5, 0.6) is 0 Å². The standard InChI is InChI=1S/C20H26N2O3S/c1-4-20(5-2)14-22(11-12-26(20)24)18-15-9-7-8-10-17(15)21-13-16(18)19(23)25-6-3/h7-10,13H,4-6,11-12,14H2,1-3H3. The van der Waals surface area contributed by atoms with E-state index in [0.29, 0.717) is 31.0 Å². The summed E-state index contributed by atoms with van der Waals surface area (Å²) >= 11 is 0. The average molecular weight is 375 g/mol. The Morgan fingerprint density at radius 1 is 1.27 bits per heavy atom. The van der Waals surface area contributed by atoms with Gasteiger partial charge in [0.05, 0.1) is 22.6 Å². The second kappa shape index (κ2) is 7.74. The molecule has 2 heterocycles. The Bertz CT molecular complexity index is 833. The van der Waals surface area contributed by atoms with Crippen LogP contribution in [0.15, 0.2) is 30.5 Å². The molecular weight excluding hydrogens is 348 g/mol. The largest absolute Gasteiger partial charge is 0.462 e. The van der Waals surface area contributed by atoms with Crippen molar-refractivity contribution in [2.24, 2.45) is 0 Å². The Labute approximate surface area is 157 Å². The number of anilines is 1. The Kier molecular flexibility index (Phi) is 5.61. The molecule has 140 valence electrons. The van der Waals surface area contributed by atoms with E-state index in [1.807, 2.05) is 24.3 Å². The third-order valence-electron chi connectivity index (χ3n) is 5.36. The fourth-order valence-corrected chi connectivity index (χ4v) is 5.48. The van der Waals surface area contributed by atoms with Crippen LogP contribution in [0.3, 0.4) is 0 Å². The number of esters is 1. The molecule has 1 atom stereocenters. The number of hydrogen-bond donors (Lipinski definition) is 0. The summed E-state index contributed by atoms with van der Waals surface area (Å²) in [5.41, 5.74) is 2.19. The van der Waals surface area contributed by atoms with Crippen molar-refractivity contribution >= 4 is 33.4 Å². The zero-order valence-electron chi connectivity index (χ0n) is 15.7. The maximum atomic E-state index is 12.7. The molecular formula is C20H26N2O3S. The molecule has 1 saturated heterocycles. The van der Waals surface area contributed by atoms with Gasteiger partial charge in [-0.15, -0.1) is 0 Å². The number of pyridine rings is 1. The Morgan fingerprint density at radius 3 is 2.69 bits per heavy atom. The fourth-order valence-electron chi connectivity index (χ4n) is 3.72. The number of para-hydroxylation sites is 1. The van der Waals surface area contributed by atoms with Gasteiger partial charge in [-0.1, -0.05) is 32.0 Å². The fraction of sp³-hybridized carbons (Fsp3) is 0.500. The van der Waals surface area contributed by atoms with Crippen molar-refractivity contribution in [3.63, 3.8) is 0 Å². The first-order valence-corrected chi connectivity index (χ1v) is 10.6. The van der Waals surface area contributed by atoms with Crippen LogP contribution in [0.4, 0.5) is 5.69 Å². The van der Waals surface area contributed by atoms with Gasteiger partial charge < -0.3 is 9.64 Å². The highest BCUT2D eigenvalue weighted by Crippen LogP contribution is 2.36. The molecule has 0 bridgehead atoms. The maximum Gasteiger partial charge on any atom is 0.341 e. The number of ether oxygens (including phenoxy) is 1. The highest BCUT2D eigenvalue weighted by molar-refractivity contribution is 7.86. The summed E-state index contributed by atoms with van der Waals surface area (Å²) in [7, 11) is -0.859. The van der Waals surface area contributed by atoms with Gasteiger partial charge in [0.1, 0.15) is 5.56 Å². The van der Waals surface area contributed by atoms with Crippen LogP contribution < -0.4 is 4.90 Å². The first-order valence-electron chi connectivity index (χ1n) is 9.24. The molecule has 6 heteroatoms. The number of carbonyl (C=O) groups excluding carboxylic acids is 1. The molecule has 3 rings (SSSR count). The van der Waals surface area contributed by atoms with Crippen molar-refractivity contribution in [3.05, 3.63) is 36.0 Å². The monoisotopic (exact) mass is 374 g/mol.